The van der Waals surface area contributed by atoms with Gasteiger partial charge < -0.3 is 24.8 Å². The molecule has 10 heteroatoms. The quantitative estimate of drug-likeness (QED) is 0.111. The fourth-order valence-corrected chi connectivity index (χ4v) is 6.89. The summed E-state index contributed by atoms with van der Waals surface area (Å²) in [6, 6.07) is 40.3. The number of piperazine rings is 1. The molecule has 2 saturated heterocycles. The van der Waals surface area contributed by atoms with Crippen molar-refractivity contribution in [1.29, 1.82) is 0 Å². The molecule has 0 aliphatic carbocycles. The smallest absolute Gasteiger partial charge is 0.269 e. The van der Waals surface area contributed by atoms with Crippen LogP contribution in [0.15, 0.2) is 127 Å². The number of ether oxygens (including phenoxy) is 2. The van der Waals surface area contributed by atoms with Gasteiger partial charge in [0, 0.05) is 74.6 Å². The van der Waals surface area contributed by atoms with Crippen LogP contribution in [0.4, 0.5) is 11.4 Å². The van der Waals surface area contributed by atoms with Crippen LogP contribution in [-0.4, -0.2) is 59.7 Å². The van der Waals surface area contributed by atoms with Crippen molar-refractivity contribution in [2.24, 2.45) is 0 Å². The van der Waals surface area contributed by atoms with Crippen LogP contribution in [0.2, 0.25) is 0 Å². The van der Waals surface area contributed by atoms with Gasteiger partial charge in [-0.3, -0.25) is 19.8 Å². The highest BCUT2D eigenvalue weighted by Crippen LogP contribution is 2.39. The zero-order valence-corrected chi connectivity index (χ0v) is 28.8. The van der Waals surface area contributed by atoms with Crippen LogP contribution in [0.5, 0.6) is 0 Å². The maximum absolute atomic E-state index is 12.6. The molecule has 5 aromatic carbocycles. The van der Waals surface area contributed by atoms with Gasteiger partial charge in [-0.1, -0.05) is 78.9 Å². The molecule has 10 nitrogen and oxygen atoms in total. The number of aliphatic hydroxyl groups is 1. The lowest BCUT2D eigenvalue weighted by molar-refractivity contribution is -0.384. The predicted molar refractivity (Wildman–Crippen MR) is 200 cm³/mol. The third-order valence-corrected chi connectivity index (χ3v) is 9.78. The number of nitrogens with zero attached hydrogens (tertiary/aromatic N) is 3. The fourth-order valence-electron chi connectivity index (χ4n) is 6.89. The summed E-state index contributed by atoms with van der Waals surface area (Å²) in [5.41, 5.74) is 7.58. The molecule has 2 heterocycles. The summed E-state index contributed by atoms with van der Waals surface area (Å²) in [7, 11) is 0. The van der Waals surface area contributed by atoms with Crippen molar-refractivity contribution in [1.82, 2.24) is 10.2 Å². The second-order valence-electron chi connectivity index (χ2n) is 13.3. The van der Waals surface area contributed by atoms with Crippen molar-refractivity contribution in [3.05, 3.63) is 165 Å². The number of carbonyl (C=O) groups excluding carboxylic acids is 1. The van der Waals surface area contributed by atoms with E-state index in [1.54, 1.807) is 24.3 Å². The number of rotatable bonds is 11. The van der Waals surface area contributed by atoms with Crippen LogP contribution in [-0.2, 0) is 22.6 Å². The maximum atomic E-state index is 12.6. The molecule has 5 aromatic rings. The number of nitro benzene ring substituents is 1. The number of hydrogen-bond donors (Lipinski definition) is 2. The Morgan fingerprint density at radius 2 is 1.48 bits per heavy atom. The summed E-state index contributed by atoms with van der Waals surface area (Å²) in [5.74, 6) is -0.110. The van der Waals surface area contributed by atoms with Crippen molar-refractivity contribution in [2.75, 3.05) is 37.6 Å². The minimum Gasteiger partial charge on any atom is -0.392 e. The zero-order chi connectivity index (χ0) is 35.9. The molecular weight excluding hydrogens is 656 g/mol. The average molecular weight is 699 g/mol. The van der Waals surface area contributed by atoms with Gasteiger partial charge in [0.05, 0.1) is 23.7 Å². The Hall–Kier alpha value is -5.39. The lowest BCUT2D eigenvalue weighted by atomic mass is 9.98. The molecule has 0 bridgehead atoms. The van der Waals surface area contributed by atoms with Crippen LogP contribution < -0.4 is 10.2 Å². The highest BCUT2D eigenvalue weighted by molar-refractivity contribution is 5.94. The highest BCUT2D eigenvalue weighted by atomic mass is 16.7. The molecule has 52 heavy (non-hydrogen) atoms. The van der Waals surface area contributed by atoms with E-state index in [4.69, 9.17) is 9.47 Å². The third-order valence-electron chi connectivity index (χ3n) is 9.78. The molecule has 0 saturated carbocycles. The number of anilines is 1. The normalized spacial score (nSPS) is 19.2. The fraction of sp³-hybridized carbons (Fsp3) is 0.262. The Balaban J connectivity index is 1.05. The Morgan fingerprint density at radius 3 is 2.19 bits per heavy atom. The summed E-state index contributed by atoms with van der Waals surface area (Å²) in [6.07, 6.45) is -0.185. The molecule has 0 spiro atoms. The Bertz CT molecular complexity index is 1960. The number of amides is 1. The Labute approximate surface area is 303 Å². The van der Waals surface area contributed by atoms with Crippen LogP contribution in [0, 0.1) is 10.1 Å². The predicted octanol–water partition coefficient (Wildman–Crippen LogP) is 7.05. The third kappa shape index (κ3) is 8.55. The van der Waals surface area contributed by atoms with E-state index in [2.05, 4.69) is 39.4 Å². The van der Waals surface area contributed by atoms with Gasteiger partial charge in [-0.05, 0) is 64.2 Å². The first-order valence-corrected chi connectivity index (χ1v) is 17.7. The minimum atomic E-state index is -0.587. The molecule has 0 radical (unpaired) electrons. The summed E-state index contributed by atoms with van der Waals surface area (Å²) in [6.45, 7) is 4.46. The van der Waals surface area contributed by atoms with E-state index in [9.17, 15) is 20.0 Å². The molecule has 2 N–H and O–H groups in total. The lowest BCUT2D eigenvalue weighted by Crippen LogP contribution is -2.49. The van der Waals surface area contributed by atoms with Gasteiger partial charge in [-0.2, -0.15) is 0 Å². The first-order valence-electron chi connectivity index (χ1n) is 17.7. The summed E-state index contributed by atoms with van der Waals surface area (Å²) in [4.78, 5) is 28.0. The number of hydrogen-bond acceptors (Lipinski definition) is 8. The molecule has 1 amide bonds. The van der Waals surface area contributed by atoms with Gasteiger partial charge in [0.25, 0.3) is 11.6 Å². The second-order valence-corrected chi connectivity index (χ2v) is 13.3. The van der Waals surface area contributed by atoms with Gasteiger partial charge in [-0.15, -0.1) is 0 Å². The van der Waals surface area contributed by atoms with Gasteiger partial charge in [-0.25, -0.2) is 0 Å². The van der Waals surface area contributed by atoms with Crippen LogP contribution in [0.25, 0.3) is 11.1 Å². The first kappa shape index (κ1) is 35.0. The standard InChI is InChI=1S/C42H42N4O6/c47-29-30-12-14-32(15-13-30)40-26-39(28-44-20-22-45(23-21-44)37-16-18-38(19-17-37)46(49)50)51-42(52-40)36-11-5-10-35(25-36)34-9-4-6-31(24-34)27-43-41(48)33-7-2-1-3-8-33/h1-19,24-25,39-40,42,47H,20-23,26-29H2,(H,43,48). The molecule has 3 unspecified atom stereocenters. The van der Waals surface area contributed by atoms with Crippen molar-refractivity contribution in [3.63, 3.8) is 0 Å². The molecule has 7 rings (SSSR count). The van der Waals surface area contributed by atoms with Gasteiger partial charge in [0.15, 0.2) is 6.29 Å². The number of aliphatic hydroxyl groups excluding tert-OH is 1. The molecule has 2 fully saturated rings. The van der Waals surface area contributed by atoms with Crippen LogP contribution in [0.3, 0.4) is 0 Å². The number of nitrogens with one attached hydrogen (secondary N) is 1. The second kappa shape index (κ2) is 16.3. The van der Waals surface area contributed by atoms with Gasteiger partial charge in [0.2, 0.25) is 0 Å². The minimum absolute atomic E-state index is 0.0145. The number of non-ortho nitro benzene ring substituents is 1. The van der Waals surface area contributed by atoms with E-state index in [1.165, 1.54) is 0 Å². The molecule has 0 aromatic heterocycles. The van der Waals surface area contributed by atoms with Crippen molar-refractivity contribution >= 4 is 17.3 Å². The average Bonchev–Trinajstić information content (AvgIpc) is 3.20. The van der Waals surface area contributed by atoms with Crippen molar-refractivity contribution in [2.45, 2.75) is 38.1 Å². The lowest BCUT2D eigenvalue weighted by Gasteiger charge is -2.41. The van der Waals surface area contributed by atoms with E-state index >= 15 is 0 Å². The summed E-state index contributed by atoms with van der Waals surface area (Å²) >= 11 is 0. The van der Waals surface area contributed by atoms with Crippen molar-refractivity contribution < 1.29 is 24.3 Å². The van der Waals surface area contributed by atoms with E-state index in [0.29, 0.717) is 18.5 Å². The van der Waals surface area contributed by atoms with Gasteiger partial charge >= 0.3 is 0 Å². The Kier molecular flexibility index (Phi) is 11.0. The first-order chi connectivity index (χ1) is 25.4. The number of carbonyl (C=O) groups is 1. The largest absolute Gasteiger partial charge is 0.392 e. The molecule has 3 atom stereocenters. The maximum Gasteiger partial charge on any atom is 0.269 e. The topological polar surface area (TPSA) is 117 Å². The van der Waals surface area contributed by atoms with E-state index in [1.807, 2.05) is 78.9 Å². The molecule has 2 aliphatic rings. The van der Waals surface area contributed by atoms with Crippen LogP contribution in [0.1, 0.15) is 51.4 Å². The molecule has 2 aliphatic heterocycles. The molecular formula is C42H42N4O6. The Morgan fingerprint density at radius 1 is 0.769 bits per heavy atom. The van der Waals surface area contributed by atoms with E-state index in [0.717, 1.165) is 71.8 Å². The number of benzene rings is 5. The van der Waals surface area contributed by atoms with E-state index < -0.39 is 6.29 Å². The van der Waals surface area contributed by atoms with Gasteiger partial charge in [0.1, 0.15) is 0 Å². The monoisotopic (exact) mass is 698 g/mol. The summed E-state index contributed by atoms with van der Waals surface area (Å²) in [5, 5.41) is 23.7. The zero-order valence-electron chi connectivity index (χ0n) is 28.8. The van der Waals surface area contributed by atoms with Crippen molar-refractivity contribution in [3.8, 4) is 11.1 Å². The SMILES string of the molecule is O=C(NCc1cccc(-c2cccc(C3OC(CN4CCN(c5ccc([N+](=O)[O-])cc5)CC4)CC(c4ccc(CO)cc4)O3)c2)c1)c1ccccc1. The molecule has 266 valence electrons. The van der Waals surface area contributed by atoms with Crippen LogP contribution >= 0.6 is 0 Å². The number of nitro groups is 1. The highest BCUT2D eigenvalue weighted by Gasteiger charge is 2.34. The van der Waals surface area contributed by atoms with E-state index in [-0.39, 0.29) is 35.3 Å². The summed E-state index contributed by atoms with van der Waals surface area (Å²) < 4.78 is 13.4.